The van der Waals surface area contributed by atoms with Crippen LogP contribution in [0, 0.1) is 0 Å². The number of allylic oxidation sites excluding steroid dienone is 2. The Bertz CT molecular complexity index is 1290. The molecule has 1 aromatic rings. The van der Waals surface area contributed by atoms with Crippen molar-refractivity contribution in [3.8, 4) is 5.88 Å². The van der Waals surface area contributed by atoms with Crippen LogP contribution < -0.4 is 11.2 Å². The minimum Gasteiger partial charge on any atom is -0.494 e. The Hall–Kier alpha value is -4.49. The summed E-state index contributed by atoms with van der Waals surface area (Å²) in [5, 5.41) is 28.6. The second kappa shape index (κ2) is 12.5. The van der Waals surface area contributed by atoms with Gasteiger partial charge in [0, 0.05) is 13.1 Å². The van der Waals surface area contributed by atoms with Crippen LogP contribution in [0.2, 0.25) is 0 Å². The number of rotatable bonds is 12. The number of carboxylic acids is 2. The van der Waals surface area contributed by atoms with E-state index in [4.69, 9.17) is 10.2 Å². The predicted octanol–water partition coefficient (Wildman–Crippen LogP) is 0.215. The molecule has 4 amide bonds. The number of aliphatic carboxylic acids is 2. The van der Waals surface area contributed by atoms with Crippen molar-refractivity contribution >= 4 is 35.9 Å². The second-order valence-corrected chi connectivity index (χ2v) is 8.13. The van der Waals surface area contributed by atoms with E-state index >= 15 is 0 Å². The Labute approximate surface area is 210 Å². The van der Waals surface area contributed by atoms with Gasteiger partial charge >= 0.3 is 23.7 Å². The van der Waals surface area contributed by atoms with Crippen LogP contribution in [0.5, 0.6) is 5.88 Å². The molecule has 2 rings (SSSR count). The van der Waals surface area contributed by atoms with E-state index in [1.54, 1.807) is 0 Å². The van der Waals surface area contributed by atoms with Crippen molar-refractivity contribution in [3.05, 3.63) is 44.1 Å². The van der Waals surface area contributed by atoms with Crippen molar-refractivity contribution in [2.24, 2.45) is 0 Å². The molecule has 0 unspecified atom stereocenters. The highest BCUT2D eigenvalue weighted by molar-refractivity contribution is 6.29. The van der Waals surface area contributed by atoms with Gasteiger partial charge in [-0.1, -0.05) is 32.8 Å². The van der Waals surface area contributed by atoms with Crippen LogP contribution in [0.1, 0.15) is 45.1 Å². The van der Waals surface area contributed by atoms with Gasteiger partial charge in [0.25, 0.3) is 17.4 Å². The Balaban J connectivity index is 2.59. The number of carbonyl (C=O) groups excluding carboxylic acids is 3. The minimum absolute atomic E-state index is 0.0361. The molecule has 2 heterocycles. The van der Waals surface area contributed by atoms with E-state index < -0.39 is 71.1 Å². The molecule has 0 aromatic carbocycles. The highest BCUT2D eigenvalue weighted by Crippen LogP contribution is 2.19. The van der Waals surface area contributed by atoms with E-state index in [-0.39, 0.29) is 13.1 Å². The molecule has 37 heavy (non-hydrogen) atoms. The average molecular weight is 520 g/mol. The maximum absolute atomic E-state index is 12.9. The first kappa shape index (κ1) is 28.7. The smallest absolute Gasteiger partial charge is 0.334 e. The molecule has 200 valence electrons. The zero-order chi connectivity index (χ0) is 27.9. The fraction of sp³-hybridized carbons (Fsp3) is 0.435. The summed E-state index contributed by atoms with van der Waals surface area (Å²) >= 11 is 0. The van der Waals surface area contributed by atoms with Crippen molar-refractivity contribution in [2.75, 3.05) is 13.1 Å². The van der Waals surface area contributed by atoms with E-state index in [1.165, 1.54) is 0 Å². The lowest BCUT2D eigenvalue weighted by Crippen LogP contribution is -2.57. The molecule has 1 aliphatic rings. The summed E-state index contributed by atoms with van der Waals surface area (Å²) in [5.41, 5.74) is -2.95. The molecule has 14 heteroatoms. The second-order valence-electron chi connectivity index (χ2n) is 8.13. The van der Waals surface area contributed by atoms with Crippen LogP contribution in [-0.2, 0) is 32.3 Å². The number of carbonyl (C=O) groups is 5. The Morgan fingerprint density at radius 3 is 1.95 bits per heavy atom. The Morgan fingerprint density at radius 2 is 1.38 bits per heavy atom. The SMILES string of the molecule is CCCCN1C(=O)/C(=C\C=C\c2c(O)n(CC(=O)O)c(=O)n(CCCC)c2=O)C(=O)N(CC(=O)O)C1=O. The van der Waals surface area contributed by atoms with Crippen LogP contribution in [-0.4, -0.2) is 77.1 Å². The number of nitrogens with zero attached hydrogens (tertiary/aromatic N) is 4. The molecule has 1 fully saturated rings. The number of urea groups is 1. The summed E-state index contributed by atoms with van der Waals surface area (Å²) in [5.74, 6) is -5.96. The minimum atomic E-state index is -1.47. The van der Waals surface area contributed by atoms with Gasteiger partial charge in [0.05, 0.1) is 0 Å². The van der Waals surface area contributed by atoms with Crippen LogP contribution in [0.4, 0.5) is 4.79 Å². The van der Waals surface area contributed by atoms with Crippen molar-refractivity contribution in [1.82, 2.24) is 18.9 Å². The van der Waals surface area contributed by atoms with Crippen molar-refractivity contribution in [1.29, 1.82) is 0 Å². The number of hydrogen-bond donors (Lipinski definition) is 3. The molecule has 0 saturated carbocycles. The monoisotopic (exact) mass is 520 g/mol. The van der Waals surface area contributed by atoms with Gasteiger partial charge in [-0.2, -0.15) is 0 Å². The molecule has 14 nitrogen and oxygen atoms in total. The highest BCUT2D eigenvalue weighted by atomic mass is 16.4. The molecule has 0 bridgehead atoms. The summed E-state index contributed by atoms with van der Waals surface area (Å²) in [6, 6.07) is -1.07. The number of hydrogen-bond acceptors (Lipinski definition) is 8. The predicted molar refractivity (Wildman–Crippen MR) is 128 cm³/mol. The van der Waals surface area contributed by atoms with Crippen molar-refractivity contribution in [2.45, 2.75) is 52.6 Å². The van der Waals surface area contributed by atoms with Gasteiger partial charge in [-0.05, 0) is 25.0 Å². The van der Waals surface area contributed by atoms with E-state index in [0.717, 1.165) is 27.7 Å². The number of imide groups is 2. The van der Waals surface area contributed by atoms with Gasteiger partial charge in [0.15, 0.2) is 0 Å². The third kappa shape index (κ3) is 6.39. The third-order valence-corrected chi connectivity index (χ3v) is 5.43. The first-order valence-electron chi connectivity index (χ1n) is 11.5. The van der Waals surface area contributed by atoms with Gasteiger partial charge in [-0.25, -0.2) is 14.5 Å². The highest BCUT2D eigenvalue weighted by Gasteiger charge is 2.42. The van der Waals surface area contributed by atoms with Crippen LogP contribution in [0.3, 0.4) is 0 Å². The summed E-state index contributed by atoms with van der Waals surface area (Å²) in [6.45, 7) is 1.64. The number of carboxylic acid groups (broad SMARTS) is 2. The fourth-order valence-corrected chi connectivity index (χ4v) is 3.52. The maximum Gasteiger partial charge on any atom is 0.334 e. The van der Waals surface area contributed by atoms with Crippen LogP contribution in [0.25, 0.3) is 6.08 Å². The quantitative estimate of drug-likeness (QED) is 0.253. The molecule has 0 aliphatic carbocycles. The Kier molecular flexibility index (Phi) is 9.68. The standard InChI is InChI=1S/C23H28N4O10/c1-3-5-10-24-18(32)14(20(34)26(22(24)36)12-16(28)29)8-7-9-15-19(33)25(11-6-4-2)23(37)27(21(15)35)13-17(30)31/h7-9,34H,3-6,10-13H2,1-2H3,(H,28,29)(H,30,31)/b8-7+,15-9+. The number of aromatic hydroxyl groups is 1. The van der Waals surface area contributed by atoms with Gasteiger partial charge in [0.2, 0.25) is 5.88 Å². The van der Waals surface area contributed by atoms with Crippen molar-refractivity contribution in [3.63, 3.8) is 0 Å². The molecule has 1 saturated heterocycles. The van der Waals surface area contributed by atoms with Gasteiger partial charge in [0.1, 0.15) is 24.2 Å². The summed E-state index contributed by atoms with van der Waals surface area (Å²) < 4.78 is 1.28. The van der Waals surface area contributed by atoms with Gasteiger partial charge in [-0.3, -0.25) is 38.0 Å². The lowest BCUT2D eigenvalue weighted by atomic mass is 10.1. The first-order valence-corrected chi connectivity index (χ1v) is 11.5. The summed E-state index contributed by atoms with van der Waals surface area (Å²) in [6.07, 6.45) is 5.03. The molecule has 1 aromatic heterocycles. The summed E-state index contributed by atoms with van der Waals surface area (Å²) in [7, 11) is 0. The molecule has 0 spiro atoms. The zero-order valence-electron chi connectivity index (χ0n) is 20.4. The normalized spacial score (nSPS) is 15.3. The van der Waals surface area contributed by atoms with Crippen LogP contribution >= 0.6 is 0 Å². The lowest BCUT2D eigenvalue weighted by Gasteiger charge is -2.32. The lowest BCUT2D eigenvalue weighted by molar-refractivity contribution is -0.144. The topological polar surface area (TPSA) is 197 Å². The number of barbiturate groups is 1. The Morgan fingerprint density at radius 1 is 0.811 bits per heavy atom. The number of unbranched alkanes of at least 4 members (excludes halogenated alkanes) is 2. The van der Waals surface area contributed by atoms with E-state index in [2.05, 4.69) is 0 Å². The van der Waals surface area contributed by atoms with E-state index in [9.17, 15) is 38.7 Å². The third-order valence-electron chi connectivity index (χ3n) is 5.43. The molecular formula is C23H28N4O10. The largest absolute Gasteiger partial charge is 0.494 e. The number of amides is 4. The van der Waals surface area contributed by atoms with Gasteiger partial charge < -0.3 is 15.3 Å². The van der Waals surface area contributed by atoms with E-state index in [1.807, 2.05) is 13.8 Å². The zero-order valence-corrected chi connectivity index (χ0v) is 20.4. The average Bonchev–Trinajstić information content (AvgIpc) is 2.83. The fourth-order valence-electron chi connectivity index (χ4n) is 3.52. The van der Waals surface area contributed by atoms with Crippen LogP contribution in [0.15, 0.2) is 27.3 Å². The maximum atomic E-state index is 12.9. The molecule has 3 N–H and O–H groups in total. The molecule has 0 radical (unpaired) electrons. The van der Waals surface area contributed by atoms with Gasteiger partial charge in [-0.15, -0.1) is 0 Å². The summed E-state index contributed by atoms with van der Waals surface area (Å²) in [4.78, 5) is 87.1. The van der Waals surface area contributed by atoms with Crippen molar-refractivity contribution < 1.29 is 39.3 Å². The first-order chi connectivity index (χ1) is 17.5. The molecule has 1 aliphatic heterocycles. The van der Waals surface area contributed by atoms with E-state index in [0.29, 0.717) is 35.2 Å². The number of aromatic nitrogens is 2. The molecular weight excluding hydrogens is 492 g/mol. The molecule has 0 atom stereocenters.